The Morgan fingerprint density at radius 2 is 2.31 bits per heavy atom. The zero-order chi connectivity index (χ0) is 11.5. The highest BCUT2D eigenvalue weighted by Gasteiger charge is 2.18. The van der Waals surface area contributed by atoms with Crippen LogP contribution in [-0.2, 0) is 6.54 Å². The Hall–Kier alpha value is -1.27. The van der Waals surface area contributed by atoms with Crippen molar-refractivity contribution in [3.05, 3.63) is 28.0 Å². The molecule has 2 rings (SSSR count). The van der Waals surface area contributed by atoms with E-state index < -0.39 is 6.10 Å². The van der Waals surface area contributed by atoms with E-state index in [0.29, 0.717) is 0 Å². The van der Waals surface area contributed by atoms with Crippen LogP contribution in [0.5, 0.6) is 0 Å². The zero-order valence-electron chi connectivity index (χ0n) is 9.29. The summed E-state index contributed by atoms with van der Waals surface area (Å²) in [7, 11) is 0. The summed E-state index contributed by atoms with van der Waals surface area (Å²) in [6.45, 7) is 4.75. The maximum absolute atomic E-state index is 10.2. The number of hydrogen-bond donors (Lipinski definition) is 1. The topological polar surface area (TPSA) is 63.8 Å². The minimum absolute atomic E-state index is 0.673. The molecule has 6 heteroatoms. The fourth-order valence-electron chi connectivity index (χ4n) is 1.51. The van der Waals surface area contributed by atoms with Gasteiger partial charge in [0.25, 0.3) is 0 Å². The second-order valence-corrected chi connectivity index (χ2v) is 4.83. The van der Waals surface area contributed by atoms with Gasteiger partial charge in [0.15, 0.2) is 0 Å². The van der Waals surface area contributed by atoms with Gasteiger partial charge in [-0.15, -0.1) is 16.4 Å². The van der Waals surface area contributed by atoms with E-state index in [1.165, 1.54) is 11.3 Å². The maximum Gasteiger partial charge on any atom is 0.133 e. The van der Waals surface area contributed by atoms with Crippen molar-refractivity contribution in [1.82, 2.24) is 20.0 Å². The summed E-state index contributed by atoms with van der Waals surface area (Å²) in [5.74, 6) is 0. The van der Waals surface area contributed by atoms with E-state index in [1.807, 2.05) is 6.92 Å². The Morgan fingerprint density at radius 1 is 1.50 bits per heavy atom. The van der Waals surface area contributed by atoms with Gasteiger partial charge in [-0.05, 0) is 13.3 Å². The first kappa shape index (κ1) is 11.2. The van der Waals surface area contributed by atoms with Crippen molar-refractivity contribution in [2.45, 2.75) is 32.9 Å². The van der Waals surface area contributed by atoms with Gasteiger partial charge in [-0.1, -0.05) is 12.1 Å². The van der Waals surface area contributed by atoms with Gasteiger partial charge in [-0.25, -0.2) is 9.67 Å². The summed E-state index contributed by atoms with van der Waals surface area (Å²) >= 11 is 1.49. The molecule has 0 aliphatic rings. The summed E-state index contributed by atoms with van der Waals surface area (Å²) in [6.07, 6.45) is 3.60. The highest BCUT2D eigenvalue weighted by Crippen LogP contribution is 2.25. The molecule has 2 heterocycles. The van der Waals surface area contributed by atoms with E-state index in [9.17, 15) is 5.11 Å². The van der Waals surface area contributed by atoms with Crippen molar-refractivity contribution in [3.8, 4) is 0 Å². The molecular formula is C10H14N4OS. The summed E-state index contributed by atoms with van der Waals surface area (Å²) in [5.41, 5.74) is 0.727. The number of rotatable bonds is 4. The van der Waals surface area contributed by atoms with Crippen molar-refractivity contribution in [2.24, 2.45) is 0 Å². The van der Waals surface area contributed by atoms with Crippen LogP contribution in [0.15, 0.2) is 12.4 Å². The lowest BCUT2D eigenvalue weighted by molar-refractivity contribution is 0.211. The third kappa shape index (κ3) is 2.12. The molecule has 86 valence electrons. The van der Waals surface area contributed by atoms with Crippen LogP contribution in [0.2, 0.25) is 0 Å². The fourth-order valence-corrected chi connectivity index (χ4v) is 2.30. The molecule has 2 aromatic heterocycles. The molecule has 16 heavy (non-hydrogen) atoms. The first-order valence-electron chi connectivity index (χ1n) is 5.21. The second-order valence-electron chi connectivity index (χ2n) is 3.57. The molecule has 0 spiro atoms. The molecule has 1 atom stereocenters. The number of aryl methyl sites for hydroxylation is 2. The number of aliphatic hydroxyl groups is 1. The minimum atomic E-state index is -0.673. The lowest BCUT2D eigenvalue weighted by Crippen LogP contribution is -2.09. The Kier molecular flexibility index (Phi) is 3.31. The molecular weight excluding hydrogens is 224 g/mol. The molecule has 0 saturated heterocycles. The molecule has 0 aromatic carbocycles. The Balaban J connectivity index is 2.26. The molecule has 0 saturated carbocycles. The van der Waals surface area contributed by atoms with E-state index in [4.69, 9.17) is 0 Å². The van der Waals surface area contributed by atoms with Crippen LogP contribution in [0.1, 0.15) is 35.0 Å². The third-order valence-corrected chi connectivity index (χ3v) is 3.24. The van der Waals surface area contributed by atoms with E-state index in [0.717, 1.165) is 28.5 Å². The molecule has 0 amide bonds. The van der Waals surface area contributed by atoms with Crippen LogP contribution in [0.25, 0.3) is 0 Å². The monoisotopic (exact) mass is 238 g/mol. The van der Waals surface area contributed by atoms with Gasteiger partial charge in [-0.2, -0.15) is 0 Å². The first-order valence-corrected chi connectivity index (χ1v) is 6.02. The third-order valence-electron chi connectivity index (χ3n) is 2.27. The number of nitrogens with zero attached hydrogens (tertiary/aromatic N) is 4. The smallest absolute Gasteiger partial charge is 0.133 e. The molecule has 1 unspecified atom stereocenters. The summed E-state index contributed by atoms with van der Waals surface area (Å²) in [4.78, 5) is 4.96. The molecule has 0 aliphatic heterocycles. The van der Waals surface area contributed by atoms with Gasteiger partial charge in [0.05, 0.1) is 21.8 Å². The van der Waals surface area contributed by atoms with Crippen LogP contribution in [0, 0.1) is 6.92 Å². The Bertz CT molecular complexity index is 465. The van der Waals surface area contributed by atoms with E-state index in [-0.39, 0.29) is 0 Å². The number of hydrogen-bond acceptors (Lipinski definition) is 5. The van der Waals surface area contributed by atoms with Crippen molar-refractivity contribution in [2.75, 3.05) is 0 Å². The first-order chi connectivity index (χ1) is 7.72. The molecule has 5 nitrogen and oxygen atoms in total. The lowest BCUT2D eigenvalue weighted by Gasteiger charge is -2.09. The number of thiazole rings is 1. The van der Waals surface area contributed by atoms with E-state index in [2.05, 4.69) is 22.2 Å². The van der Waals surface area contributed by atoms with Gasteiger partial charge < -0.3 is 5.11 Å². The van der Waals surface area contributed by atoms with Crippen molar-refractivity contribution >= 4 is 11.3 Å². The SMILES string of the molecule is CCCn1nncc1C(O)c1cnc(C)s1. The number of aliphatic hydroxyl groups excluding tert-OH is 1. The predicted octanol–water partition coefficient (Wildman–Crippen LogP) is 1.53. The van der Waals surface area contributed by atoms with E-state index in [1.54, 1.807) is 17.1 Å². The Labute approximate surface area is 97.8 Å². The zero-order valence-corrected chi connectivity index (χ0v) is 10.1. The fraction of sp³-hybridized carbons (Fsp3) is 0.500. The molecule has 0 radical (unpaired) electrons. The van der Waals surface area contributed by atoms with Crippen LogP contribution in [0.4, 0.5) is 0 Å². The maximum atomic E-state index is 10.2. The van der Waals surface area contributed by atoms with Crippen molar-refractivity contribution in [1.29, 1.82) is 0 Å². The van der Waals surface area contributed by atoms with Crippen molar-refractivity contribution < 1.29 is 5.11 Å². The number of aromatic nitrogens is 4. The molecule has 0 aliphatic carbocycles. The highest BCUT2D eigenvalue weighted by atomic mass is 32.1. The largest absolute Gasteiger partial charge is 0.381 e. The van der Waals surface area contributed by atoms with Crippen LogP contribution in [-0.4, -0.2) is 25.1 Å². The quantitative estimate of drug-likeness (QED) is 0.877. The second kappa shape index (κ2) is 4.71. The van der Waals surface area contributed by atoms with Gasteiger partial charge in [0.1, 0.15) is 6.10 Å². The Morgan fingerprint density at radius 3 is 2.94 bits per heavy atom. The average molecular weight is 238 g/mol. The summed E-state index contributed by atoms with van der Waals surface area (Å²) < 4.78 is 1.74. The normalized spacial score (nSPS) is 12.9. The van der Waals surface area contributed by atoms with Crippen LogP contribution < -0.4 is 0 Å². The minimum Gasteiger partial charge on any atom is -0.381 e. The average Bonchev–Trinajstić information content (AvgIpc) is 2.87. The highest BCUT2D eigenvalue weighted by molar-refractivity contribution is 7.11. The molecule has 2 aromatic rings. The van der Waals surface area contributed by atoms with E-state index >= 15 is 0 Å². The molecule has 1 N–H and O–H groups in total. The predicted molar refractivity (Wildman–Crippen MR) is 61.2 cm³/mol. The van der Waals surface area contributed by atoms with Gasteiger partial charge in [0, 0.05) is 12.7 Å². The van der Waals surface area contributed by atoms with Crippen LogP contribution in [0.3, 0.4) is 0 Å². The van der Waals surface area contributed by atoms with Gasteiger partial charge in [0.2, 0.25) is 0 Å². The van der Waals surface area contributed by atoms with Crippen LogP contribution >= 0.6 is 11.3 Å². The molecule has 0 fully saturated rings. The molecule has 0 bridgehead atoms. The standard InChI is InChI=1S/C10H14N4OS/c1-3-4-14-8(5-12-13-14)10(15)9-6-11-7(2)16-9/h5-6,10,15H,3-4H2,1-2H3. The van der Waals surface area contributed by atoms with Gasteiger partial charge >= 0.3 is 0 Å². The summed E-state index contributed by atoms with van der Waals surface area (Å²) in [5, 5.41) is 18.9. The van der Waals surface area contributed by atoms with Gasteiger partial charge in [-0.3, -0.25) is 0 Å². The lowest BCUT2D eigenvalue weighted by atomic mass is 10.2. The summed E-state index contributed by atoms with van der Waals surface area (Å²) in [6, 6.07) is 0. The van der Waals surface area contributed by atoms with Crippen molar-refractivity contribution in [3.63, 3.8) is 0 Å².